The van der Waals surface area contributed by atoms with Crippen LogP contribution in [0.4, 0.5) is 0 Å². The number of carbonyl (C=O) groups excluding carboxylic acids is 2. The molecular formula is C21H24N2O5. The molecule has 0 saturated heterocycles. The number of nitrogens with one attached hydrogen (secondary N) is 2. The van der Waals surface area contributed by atoms with Crippen LogP contribution in [0, 0.1) is 0 Å². The van der Waals surface area contributed by atoms with E-state index in [2.05, 4.69) is 10.6 Å². The first-order valence-electron chi connectivity index (χ1n) is 9.11. The first-order valence-corrected chi connectivity index (χ1v) is 9.11. The third-order valence-corrected chi connectivity index (χ3v) is 4.38. The molecule has 2 amide bonds. The minimum atomic E-state index is -0.423. The van der Waals surface area contributed by atoms with Crippen molar-refractivity contribution in [2.24, 2.45) is 0 Å². The Balaban J connectivity index is 1.55. The maximum absolute atomic E-state index is 12.4. The van der Waals surface area contributed by atoms with Crippen LogP contribution in [-0.4, -0.2) is 38.2 Å². The molecule has 0 spiro atoms. The average molecular weight is 384 g/mol. The molecular weight excluding hydrogens is 360 g/mol. The maximum atomic E-state index is 12.4. The molecule has 0 fully saturated rings. The highest BCUT2D eigenvalue weighted by Gasteiger charge is 2.22. The molecule has 7 nitrogen and oxygen atoms in total. The van der Waals surface area contributed by atoms with Crippen LogP contribution in [0.1, 0.15) is 24.9 Å². The molecule has 0 unspecified atom stereocenters. The van der Waals surface area contributed by atoms with Crippen molar-refractivity contribution in [3.63, 3.8) is 0 Å². The van der Waals surface area contributed by atoms with Gasteiger partial charge in [-0.3, -0.25) is 9.59 Å². The first-order chi connectivity index (χ1) is 13.5. The summed E-state index contributed by atoms with van der Waals surface area (Å²) in [6.07, 6.45) is -0.144. The van der Waals surface area contributed by atoms with E-state index < -0.39 is 6.04 Å². The normalized spacial score (nSPS) is 16.0. The number of rotatable bonds is 7. The Hall–Kier alpha value is -3.22. The fraction of sp³-hybridized carbons (Fsp3) is 0.333. The Morgan fingerprint density at radius 3 is 2.54 bits per heavy atom. The summed E-state index contributed by atoms with van der Waals surface area (Å²) < 4.78 is 16.6. The molecule has 0 saturated carbocycles. The standard InChI is InChI=1S/C21H24N2O5/c1-14(24)23-18(15-7-9-16(26-2)10-8-15)11-21(25)22-12-17-13-27-19-5-3-4-6-20(19)28-17/h3-10,17-18H,11-13H2,1-2H3,(H,22,25)(H,23,24)/t17-,18-/m0/s1. The van der Waals surface area contributed by atoms with Crippen molar-refractivity contribution in [3.8, 4) is 17.2 Å². The first kappa shape index (κ1) is 19.5. The monoisotopic (exact) mass is 384 g/mol. The number of carbonyl (C=O) groups is 2. The number of methoxy groups -OCH3 is 1. The van der Waals surface area contributed by atoms with E-state index in [-0.39, 0.29) is 24.3 Å². The number of amides is 2. The van der Waals surface area contributed by atoms with Gasteiger partial charge in [0.05, 0.1) is 26.1 Å². The smallest absolute Gasteiger partial charge is 0.222 e. The molecule has 2 atom stereocenters. The maximum Gasteiger partial charge on any atom is 0.222 e. The second-order valence-corrected chi connectivity index (χ2v) is 6.53. The quantitative estimate of drug-likeness (QED) is 0.765. The van der Waals surface area contributed by atoms with Gasteiger partial charge in [-0.1, -0.05) is 24.3 Å². The predicted molar refractivity (Wildman–Crippen MR) is 104 cm³/mol. The van der Waals surface area contributed by atoms with Crippen LogP contribution < -0.4 is 24.8 Å². The minimum absolute atomic E-state index is 0.121. The van der Waals surface area contributed by atoms with Gasteiger partial charge in [0.25, 0.3) is 0 Å². The van der Waals surface area contributed by atoms with E-state index in [4.69, 9.17) is 14.2 Å². The van der Waals surface area contributed by atoms with Crippen LogP contribution in [0.3, 0.4) is 0 Å². The highest BCUT2D eigenvalue weighted by molar-refractivity contribution is 5.79. The third-order valence-electron chi connectivity index (χ3n) is 4.38. The molecule has 0 bridgehead atoms. The van der Waals surface area contributed by atoms with Crippen molar-refractivity contribution in [1.29, 1.82) is 0 Å². The highest BCUT2D eigenvalue weighted by Crippen LogP contribution is 2.30. The van der Waals surface area contributed by atoms with Crippen molar-refractivity contribution in [2.45, 2.75) is 25.5 Å². The number of benzene rings is 2. The van der Waals surface area contributed by atoms with E-state index in [1.807, 2.05) is 36.4 Å². The molecule has 0 aromatic heterocycles. The lowest BCUT2D eigenvalue weighted by Crippen LogP contribution is -2.41. The molecule has 0 radical (unpaired) electrons. The van der Waals surface area contributed by atoms with Gasteiger partial charge in [-0.2, -0.15) is 0 Å². The summed E-state index contributed by atoms with van der Waals surface area (Å²) in [6, 6.07) is 14.3. The third kappa shape index (κ3) is 5.16. The fourth-order valence-electron chi connectivity index (χ4n) is 2.98. The van der Waals surface area contributed by atoms with Crippen molar-refractivity contribution < 1.29 is 23.8 Å². The van der Waals surface area contributed by atoms with Crippen LogP contribution >= 0.6 is 0 Å². The lowest BCUT2D eigenvalue weighted by atomic mass is 10.0. The van der Waals surface area contributed by atoms with Gasteiger partial charge in [-0.25, -0.2) is 0 Å². The molecule has 28 heavy (non-hydrogen) atoms. The van der Waals surface area contributed by atoms with Gasteiger partial charge >= 0.3 is 0 Å². The van der Waals surface area contributed by atoms with Crippen LogP contribution in [-0.2, 0) is 9.59 Å². The number of para-hydroxylation sites is 2. The van der Waals surface area contributed by atoms with Gasteiger partial charge < -0.3 is 24.8 Å². The van der Waals surface area contributed by atoms with Gasteiger partial charge in [0.15, 0.2) is 11.5 Å². The summed E-state index contributed by atoms with van der Waals surface area (Å²) in [5.41, 5.74) is 0.831. The largest absolute Gasteiger partial charge is 0.497 e. The Morgan fingerprint density at radius 1 is 1.14 bits per heavy atom. The summed E-state index contributed by atoms with van der Waals surface area (Å²) in [6.45, 7) is 2.12. The minimum Gasteiger partial charge on any atom is -0.497 e. The molecule has 2 aromatic carbocycles. The number of fused-ring (bicyclic) bond motifs is 1. The van der Waals surface area contributed by atoms with Gasteiger partial charge in [-0.05, 0) is 29.8 Å². The van der Waals surface area contributed by atoms with Crippen molar-refractivity contribution in [3.05, 3.63) is 54.1 Å². The SMILES string of the molecule is COc1ccc([C@H](CC(=O)NC[C@H]2COc3ccccc3O2)NC(C)=O)cc1. The average Bonchev–Trinajstić information content (AvgIpc) is 2.71. The molecule has 1 aliphatic rings. The van der Waals surface area contributed by atoms with E-state index in [0.29, 0.717) is 30.4 Å². The second kappa shape index (κ2) is 9.12. The van der Waals surface area contributed by atoms with E-state index >= 15 is 0 Å². The summed E-state index contributed by atoms with van der Waals surface area (Å²) in [5, 5.41) is 5.68. The number of ether oxygens (including phenoxy) is 3. The van der Waals surface area contributed by atoms with Gasteiger partial charge in [0, 0.05) is 6.92 Å². The van der Waals surface area contributed by atoms with Crippen molar-refractivity contribution in [2.75, 3.05) is 20.3 Å². The number of hydrogen-bond acceptors (Lipinski definition) is 5. The van der Waals surface area contributed by atoms with Gasteiger partial charge in [0.2, 0.25) is 11.8 Å². The second-order valence-electron chi connectivity index (χ2n) is 6.53. The molecule has 7 heteroatoms. The van der Waals surface area contributed by atoms with Gasteiger partial charge in [0.1, 0.15) is 18.5 Å². The number of hydrogen-bond donors (Lipinski definition) is 2. The van der Waals surface area contributed by atoms with E-state index in [1.54, 1.807) is 19.2 Å². The summed E-state index contributed by atoms with van der Waals surface area (Å²) in [4.78, 5) is 24.0. The van der Waals surface area contributed by atoms with E-state index in [0.717, 1.165) is 5.56 Å². The Bertz CT molecular complexity index is 822. The molecule has 148 valence electrons. The Kier molecular flexibility index (Phi) is 6.37. The van der Waals surface area contributed by atoms with Crippen LogP contribution in [0.5, 0.6) is 17.2 Å². The molecule has 3 rings (SSSR count). The van der Waals surface area contributed by atoms with E-state index in [1.165, 1.54) is 6.92 Å². The molecule has 2 aromatic rings. The molecule has 1 aliphatic heterocycles. The zero-order chi connectivity index (χ0) is 19.9. The zero-order valence-corrected chi connectivity index (χ0v) is 15.9. The Labute approximate surface area is 164 Å². The fourth-order valence-corrected chi connectivity index (χ4v) is 2.98. The summed E-state index contributed by atoms with van der Waals surface area (Å²) in [5.74, 6) is 1.70. The predicted octanol–water partition coefficient (Wildman–Crippen LogP) is 2.22. The van der Waals surface area contributed by atoms with Crippen molar-refractivity contribution in [1.82, 2.24) is 10.6 Å². The van der Waals surface area contributed by atoms with Crippen LogP contribution in [0.25, 0.3) is 0 Å². The van der Waals surface area contributed by atoms with E-state index in [9.17, 15) is 9.59 Å². The molecule has 0 aliphatic carbocycles. The molecule has 1 heterocycles. The topological polar surface area (TPSA) is 85.9 Å². The molecule has 2 N–H and O–H groups in total. The lowest BCUT2D eigenvalue weighted by molar-refractivity contribution is -0.123. The van der Waals surface area contributed by atoms with Crippen LogP contribution in [0.2, 0.25) is 0 Å². The van der Waals surface area contributed by atoms with Crippen LogP contribution in [0.15, 0.2) is 48.5 Å². The lowest BCUT2D eigenvalue weighted by Gasteiger charge is -2.27. The van der Waals surface area contributed by atoms with Gasteiger partial charge in [-0.15, -0.1) is 0 Å². The summed E-state index contributed by atoms with van der Waals surface area (Å²) in [7, 11) is 1.59. The zero-order valence-electron chi connectivity index (χ0n) is 15.9. The van der Waals surface area contributed by atoms with Crippen molar-refractivity contribution >= 4 is 11.8 Å². The summed E-state index contributed by atoms with van der Waals surface area (Å²) >= 11 is 0. The Morgan fingerprint density at radius 2 is 1.86 bits per heavy atom. The highest BCUT2D eigenvalue weighted by atomic mass is 16.6.